The second-order valence-corrected chi connectivity index (χ2v) is 7.29. The van der Waals surface area contributed by atoms with Gasteiger partial charge in [-0.1, -0.05) is 11.6 Å². The molecular formula is C17H20ClFN8O3. The van der Waals surface area contributed by atoms with Gasteiger partial charge in [-0.2, -0.15) is 14.3 Å². The van der Waals surface area contributed by atoms with Gasteiger partial charge in [-0.15, -0.1) is 0 Å². The number of nitrogens with zero attached hydrogens (tertiary/aromatic N) is 6. The number of ether oxygens (including phenoxy) is 1. The molecule has 13 heteroatoms. The average molecular weight is 439 g/mol. The summed E-state index contributed by atoms with van der Waals surface area (Å²) in [5.41, 5.74) is -1.54. The van der Waals surface area contributed by atoms with E-state index < -0.39 is 17.1 Å². The van der Waals surface area contributed by atoms with E-state index in [-0.39, 0.29) is 29.7 Å². The third kappa shape index (κ3) is 4.33. The van der Waals surface area contributed by atoms with Crippen molar-refractivity contribution in [2.24, 2.45) is 7.05 Å². The number of hydrogen-bond donors (Lipinski definition) is 3. The highest BCUT2D eigenvalue weighted by Crippen LogP contribution is 2.32. The van der Waals surface area contributed by atoms with Gasteiger partial charge in [0.25, 0.3) is 0 Å². The van der Waals surface area contributed by atoms with Gasteiger partial charge >= 0.3 is 5.69 Å². The summed E-state index contributed by atoms with van der Waals surface area (Å²) >= 11 is 5.97. The van der Waals surface area contributed by atoms with Crippen LogP contribution in [-0.2, 0) is 7.05 Å². The summed E-state index contributed by atoms with van der Waals surface area (Å²) in [6, 6.07) is 2.39. The number of aliphatic hydroxyl groups excluding tert-OH is 1. The van der Waals surface area contributed by atoms with E-state index >= 15 is 0 Å². The van der Waals surface area contributed by atoms with Crippen molar-refractivity contribution < 1.29 is 14.2 Å². The van der Waals surface area contributed by atoms with E-state index in [1.54, 1.807) is 20.9 Å². The Morgan fingerprint density at radius 3 is 2.67 bits per heavy atom. The standard InChI is InChI=1S/C17H20ClFN8O3/c1-17(2,8-28)30-13-5-10(19)11(6-12(13)27-16(29)26(4)24-25-27)22-15-21-7-9(18)14(20-3)23-15/h5-7,28H,8H2,1-4H3,(H2,20,21,22,23). The van der Waals surface area contributed by atoms with Crippen molar-refractivity contribution in [2.75, 3.05) is 24.3 Å². The van der Waals surface area contributed by atoms with Gasteiger partial charge < -0.3 is 20.5 Å². The lowest BCUT2D eigenvalue weighted by Crippen LogP contribution is -2.33. The van der Waals surface area contributed by atoms with Gasteiger partial charge in [-0.05, 0) is 30.3 Å². The summed E-state index contributed by atoms with van der Waals surface area (Å²) in [6.45, 7) is 2.89. The third-order valence-electron chi connectivity index (χ3n) is 3.99. The van der Waals surface area contributed by atoms with Crippen LogP contribution >= 0.6 is 11.6 Å². The van der Waals surface area contributed by atoms with Gasteiger partial charge in [0.2, 0.25) is 5.95 Å². The molecule has 3 N–H and O–H groups in total. The predicted molar refractivity (Wildman–Crippen MR) is 108 cm³/mol. The van der Waals surface area contributed by atoms with Crippen molar-refractivity contribution in [1.29, 1.82) is 0 Å². The van der Waals surface area contributed by atoms with E-state index in [0.29, 0.717) is 10.8 Å². The van der Waals surface area contributed by atoms with Gasteiger partial charge in [-0.25, -0.2) is 14.2 Å². The summed E-state index contributed by atoms with van der Waals surface area (Å²) in [4.78, 5) is 20.5. The monoisotopic (exact) mass is 438 g/mol. The molecule has 0 saturated heterocycles. The lowest BCUT2D eigenvalue weighted by molar-refractivity contribution is 0.0408. The Balaban J connectivity index is 2.10. The van der Waals surface area contributed by atoms with E-state index in [1.807, 2.05) is 0 Å². The minimum atomic E-state index is -1.04. The maximum absolute atomic E-state index is 14.8. The SMILES string of the molecule is CNc1nc(Nc2cc(-n3nnn(C)c3=O)c(OC(C)(C)CO)cc2F)ncc1Cl. The molecule has 3 rings (SSSR count). The lowest BCUT2D eigenvalue weighted by atomic mass is 10.1. The first kappa shape index (κ1) is 21.5. The molecule has 0 saturated carbocycles. The fourth-order valence-corrected chi connectivity index (χ4v) is 2.59. The highest BCUT2D eigenvalue weighted by atomic mass is 35.5. The van der Waals surface area contributed by atoms with Crippen molar-refractivity contribution in [1.82, 2.24) is 29.8 Å². The molecule has 0 amide bonds. The van der Waals surface area contributed by atoms with Crippen LogP contribution in [0.2, 0.25) is 5.02 Å². The molecule has 0 spiro atoms. The topological polar surface area (TPSA) is 132 Å². The third-order valence-corrected chi connectivity index (χ3v) is 4.27. The number of nitrogens with one attached hydrogen (secondary N) is 2. The molecule has 0 bridgehead atoms. The largest absolute Gasteiger partial charge is 0.483 e. The molecule has 0 radical (unpaired) electrons. The van der Waals surface area contributed by atoms with Crippen LogP contribution in [0.3, 0.4) is 0 Å². The number of rotatable bonds is 7. The molecule has 0 fully saturated rings. The van der Waals surface area contributed by atoms with Crippen LogP contribution < -0.4 is 21.1 Å². The van der Waals surface area contributed by atoms with E-state index in [2.05, 4.69) is 31.0 Å². The van der Waals surface area contributed by atoms with E-state index in [9.17, 15) is 14.3 Å². The number of aliphatic hydroxyl groups is 1. The first-order valence-corrected chi connectivity index (χ1v) is 9.13. The molecule has 2 aromatic heterocycles. The van der Waals surface area contributed by atoms with Crippen LogP contribution in [-0.4, -0.2) is 54.1 Å². The Bertz CT molecular complexity index is 1130. The average Bonchev–Trinajstić information content (AvgIpc) is 3.03. The summed E-state index contributed by atoms with van der Waals surface area (Å²) in [5.74, 6) is -0.286. The van der Waals surface area contributed by atoms with Crippen LogP contribution in [0, 0.1) is 5.82 Å². The van der Waals surface area contributed by atoms with Crippen LogP contribution in [0.25, 0.3) is 5.69 Å². The summed E-state index contributed by atoms with van der Waals surface area (Å²) in [6.07, 6.45) is 1.36. The zero-order chi connectivity index (χ0) is 22.1. The van der Waals surface area contributed by atoms with Gasteiger partial charge in [0.05, 0.1) is 18.5 Å². The molecule has 1 aromatic carbocycles. The second kappa shape index (κ2) is 8.24. The van der Waals surface area contributed by atoms with Crippen molar-refractivity contribution in [2.45, 2.75) is 19.4 Å². The number of benzene rings is 1. The normalized spacial score (nSPS) is 11.4. The highest BCUT2D eigenvalue weighted by Gasteiger charge is 2.24. The maximum Gasteiger partial charge on any atom is 0.368 e. The number of aromatic nitrogens is 6. The molecule has 0 unspecified atom stereocenters. The van der Waals surface area contributed by atoms with Gasteiger partial charge in [0.15, 0.2) is 5.82 Å². The van der Waals surface area contributed by atoms with Crippen molar-refractivity contribution in [3.8, 4) is 11.4 Å². The summed E-state index contributed by atoms with van der Waals surface area (Å²) < 4.78 is 22.5. The van der Waals surface area contributed by atoms with Crippen molar-refractivity contribution >= 4 is 29.1 Å². The van der Waals surface area contributed by atoms with Crippen molar-refractivity contribution in [3.05, 3.63) is 39.7 Å². The molecule has 0 atom stereocenters. The second-order valence-electron chi connectivity index (χ2n) is 6.88. The minimum Gasteiger partial charge on any atom is -0.483 e. The lowest BCUT2D eigenvalue weighted by Gasteiger charge is -2.25. The quantitative estimate of drug-likeness (QED) is 0.501. The summed E-state index contributed by atoms with van der Waals surface area (Å²) in [5, 5.41) is 22.8. The first-order valence-electron chi connectivity index (χ1n) is 8.75. The van der Waals surface area contributed by atoms with Crippen molar-refractivity contribution in [3.63, 3.8) is 0 Å². The number of halogens is 2. The molecule has 30 heavy (non-hydrogen) atoms. The highest BCUT2D eigenvalue weighted by molar-refractivity contribution is 6.32. The first-order chi connectivity index (χ1) is 14.1. The number of anilines is 3. The molecule has 0 aliphatic heterocycles. The Morgan fingerprint density at radius 1 is 1.33 bits per heavy atom. The zero-order valence-electron chi connectivity index (χ0n) is 16.6. The molecular weight excluding hydrogens is 419 g/mol. The molecule has 2 heterocycles. The smallest absolute Gasteiger partial charge is 0.368 e. The minimum absolute atomic E-state index is 0.00682. The fourth-order valence-electron chi connectivity index (χ4n) is 2.40. The van der Waals surface area contributed by atoms with Crippen LogP contribution in [0.1, 0.15) is 13.8 Å². The van der Waals surface area contributed by atoms with Gasteiger partial charge in [-0.3, -0.25) is 0 Å². The molecule has 3 aromatic rings. The zero-order valence-corrected chi connectivity index (χ0v) is 17.4. The number of tetrazole rings is 1. The van der Waals surface area contributed by atoms with E-state index in [4.69, 9.17) is 16.3 Å². The van der Waals surface area contributed by atoms with Gasteiger partial charge in [0.1, 0.15) is 27.9 Å². The van der Waals surface area contributed by atoms with E-state index in [0.717, 1.165) is 15.4 Å². The predicted octanol–water partition coefficient (Wildman–Crippen LogP) is 1.48. The summed E-state index contributed by atoms with van der Waals surface area (Å²) in [7, 11) is 3.06. The molecule has 0 aliphatic carbocycles. The molecule has 0 aliphatic rings. The van der Waals surface area contributed by atoms with Crippen LogP contribution in [0.15, 0.2) is 23.1 Å². The molecule has 11 nitrogen and oxygen atoms in total. The Morgan fingerprint density at radius 2 is 2.07 bits per heavy atom. The van der Waals surface area contributed by atoms with Crippen LogP contribution in [0.5, 0.6) is 5.75 Å². The Hall–Kier alpha value is -3.25. The van der Waals surface area contributed by atoms with Crippen LogP contribution in [0.4, 0.5) is 21.8 Å². The maximum atomic E-state index is 14.8. The Kier molecular flexibility index (Phi) is 5.89. The fraction of sp³-hybridized carbons (Fsp3) is 0.353. The molecule has 160 valence electrons. The number of hydrogen-bond acceptors (Lipinski definition) is 9. The Labute approximate surface area is 175 Å². The van der Waals surface area contributed by atoms with E-state index in [1.165, 1.54) is 19.3 Å². The van der Waals surface area contributed by atoms with Gasteiger partial charge in [0, 0.05) is 20.2 Å². The number of aryl methyl sites for hydroxylation is 1.